The van der Waals surface area contributed by atoms with E-state index in [1.165, 1.54) is 16.2 Å². The third kappa shape index (κ3) is 4.00. The topological polar surface area (TPSA) is 75.4 Å². The number of carbonyl (C=O) groups is 2. The van der Waals surface area contributed by atoms with Crippen LogP contribution in [-0.4, -0.2) is 24.9 Å². The van der Waals surface area contributed by atoms with Gasteiger partial charge in [-0.1, -0.05) is 6.92 Å². The van der Waals surface area contributed by atoms with Crippen LogP contribution in [-0.2, 0) is 12.8 Å². The minimum atomic E-state index is -0.464. The average molecular weight is 386 g/mol. The monoisotopic (exact) mass is 385 g/mol. The lowest BCUT2D eigenvalue weighted by Crippen LogP contribution is -2.22. The van der Waals surface area contributed by atoms with E-state index < -0.39 is 5.91 Å². The van der Waals surface area contributed by atoms with E-state index in [9.17, 15) is 9.59 Å². The van der Waals surface area contributed by atoms with Crippen molar-refractivity contribution in [2.45, 2.75) is 40.0 Å². The highest BCUT2D eigenvalue weighted by molar-refractivity contribution is 7.17. The van der Waals surface area contributed by atoms with Crippen molar-refractivity contribution in [3.05, 3.63) is 45.8 Å². The van der Waals surface area contributed by atoms with Crippen LogP contribution < -0.4 is 16.0 Å². The second-order valence-electron chi connectivity index (χ2n) is 7.09. The summed E-state index contributed by atoms with van der Waals surface area (Å²) in [6, 6.07) is 7.56. The molecule has 0 aliphatic heterocycles. The van der Waals surface area contributed by atoms with E-state index in [1.807, 2.05) is 24.3 Å². The van der Waals surface area contributed by atoms with Crippen molar-refractivity contribution in [2.24, 2.45) is 11.7 Å². The Labute approximate surface area is 164 Å². The molecule has 3 rings (SSSR count). The number of carbonyl (C=O) groups excluding carboxylic acids is 2. The van der Waals surface area contributed by atoms with E-state index in [0.29, 0.717) is 22.0 Å². The van der Waals surface area contributed by atoms with Crippen molar-refractivity contribution in [3.63, 3.8) is 0 Å². The van der Waals surface area contributed by atoms with Crippen LogP contribution in [0.25, 0.3) is 0 Å². The first kappa shape index (κ1) is 19.4. The summed E-state index contributed by atoms with van der Waals surface area (Å²) in [6.07, 6.45) is 2.83. The van der Waals surface area contributed by atoms with Crippen LogP contribution in [0.1, 0.15) is 58.3 Å². The van der Waals surface area contributed by atoms with Gasteiger partial charge >= 0.3 is 0 Å². The van der Waals surface area contributed by atoms with E-state index in [-0.39, 0.29) is 5.91 Å². The number of primary amides is 1. The first-order valence-corrected chi connectivity index (χ1v) is 10.4. The molecule has 27 heavy (non-hydrogen) atoms. The maximum absolute atomic E-state index is 12.7. The lowest BCUT2D eigenvalue weighted by molar-refractivity contribution is 0.1000. The predicted molar refractivity (Wildman–Crippen MR) is 112 cm³/mol. The van der Waals surface area contributed by atoms with Gasteiger partial charge < -0.3 is 16.0 Å². The van der Waals surface area contributed by atoms with Crippen molar-refractivity contribution >= 4 is 33.8 Å². The third-order valence-corrected chi connectivity index (χ3v) is 6.41. The first-order valence-electron chi connectivity index (χ1n) is 9.55. The molecule has 144 valence electrons. The van der Waals surface area contributed by atoms with Gasteiger partial charge in [-0.2, -0.15) is 0 Å². The highest BCUT2D eigenvalue weighted by atomic mass is 32.1. The standard InChI is InChI=1S/C21H27N3O2S/c1-4-24(5-2)15-9-7-14(8-10-15)20(26)23-21-18(19(22)25)16-11-6-13(3)12-17(16)27-21/h7-10,13H,4-6,11-12H2,1-3H3,(H2,22,25)(H,23,26). The number of benzene rings is 1. The maximum Gasteiger partial charge on any atom is 0.256 e. The van der Waals surface area contributed by atoms with Gasteiger partial charge in [0.25, 0.3) is 11.8 Å². The maximum atomic E-state index is 12.7. The summed E-state index contributed by atoms with van der Waals surface area (Å²) < 4.78 is 0. The van der Waals surface area contributed by atoms with Gasteiger partial charge in [0.15, 0.2) is 0 Å². The minimum Gasteiger partial charge on any atom is -0.372 e. The molecule has 2 amide bonds. The molecule has 2 aromatic rings. The molecule has 3 N–H and O–H groups in total. The summed E-state index contributed by atoms with van der Waals surface area (Å²) in [7, 11) is 0. The molecule has 1 heterocycles. The molecular weight excluding hydrogens is 358 g/mol. The van der Waals surface area contributed by atoms with Crippen LogP contribution in [0.15, 0.2) is 24.3 Å². The molecule has 1 aliphatic carbocycles. The lowest BCUT2D eigenvalue weighted by atomic mass is 9.88. The quantitative estimate of drug-likeness (QED) is 0.787. The number of amides is 2. The zero-order chi connectivity index (χ0) is 19.6. The molecule has 1 aromatic carbocycles. The Kier molecular flexibility index (Phi) is 5.85. The zero-order valence-corrected chi connectivity index (χ0v) is 17.0. The van der Waals surface area contributed by atoms with Gasteiger partial charge in [-0.3, -0.25) is 9.59 Å². The van der Waals surface area contributed by atoms with Crippen LogP contribution in [0, 0.1) is 5.92 Å². The molecule has 6 heteroatoms. The summed E-state index contributed by atoms with van der Waals surface area (Å²) in [6.45, 7) is 8.26. The van der Waals surface area contributed by atoms with Crippen LogP contribution in [0.2, 0.25) is 0 Å². The first-order chi connectivity index (χ1) is 12.9. The van der Waals surface area contributed by atoms with E-state index in [1.54, 1.807) is 0 Å². The Hall–Kier alpha value is -2.34. The van der Waals surface area contributed by atoms with E-state index in [2.05, 4.69) is 31.0 Å². The van der Waals surface area contributed by atoms with Crippen molar-refractivity contribution < 1.29 is 9.59 Å². The molecule has 0 fully saturated rings. The molecule has 0 saturated heterocycles. The smallest absolute Gasteiger partial charge is 0.256 e. The summed E-state index contributed by atoms with van der Waals surface area (Å²) in [5.41, 5.74) is 8.81. The number of rotatable bonds is 6. The zero-order valence-electron chi connectivity index (χ0n) is 16.2. The third-order valence-electron chi connectivity index (χ3n) is 5.24. The average Bonchev–Trinajstić information content (AvgIpc) is 3.00. The van der Waals surface area contributed by atoms with Crippen LogP contribution in [0.5, 0.6) is 0 Å². The Morgan fingerprint density at radius 1 is 1.22 bits per heavy atom. The Balaban J connectivity index is 1.83. The second kappa shape index (κ2) is 8.13. The Morgan fingerprint density at radius 2 is 1.89 bits per heavy atom. The molecular formula is C21H27N3O2S. The minimum absolute atomic E-state index is 0.213. The van der Waals surface area contributed by atoms with Crippen molar-refractivity contribution in [3.8, 4) is 0 Å². The lowest BCUT2D eigenvalue weighted by Gasteiger charge is -2.21. The van der Waals surface area contributed by atoms with Gasteiger partial charge in [0.1, 0.15) is 5.00 Å². The molecule has 0 radical (unpaired) electrons. The van der Waals surface area contributed by atoms with E-state index in [0.717, 1.165) is 43.6 Å². The van der Waals surface area contributed by atoms with Gasteiger partial charge in [-0.05, 0) is 68.9 Å². The Bertz CT molecular complexity index is 838. The van der Waals surface area contributed by atoms with Gasteiger partial charge in [0.2, 0.25) is 0 Å². The van der Waals surface area contributed by atoms with Crippen molar-refractivity contribution in [1.82, 2.24) is 0 Å². The fourth-order valence-corrected chi connectivity index (χ4v) is 5.10. The molecule has 0 spiro atoms. The number of thiophene rings is 1. The summed E-state index contributed by atoms with van der Waals surface area (Å²) in [5, 5.41) is 3.50. The molecule has 1 unspecified atom stereocenters. The number of fused-ring (bicyclic) bond motifs is 1. The number of nitrogens with one attached hydrogen (secondary N) is 1. The molecule has 5 nitrogen and oxygen atoms in total. The fourth-order valence-electron chi connectivity index (χ4n) is 3.69. The van der Waals surface area contributed by atoms with Crippen molar-refractivity contribution in [2.75, 3.05) is 23.3 Å². The van der Waals surface area contributed by atoms with Crippen LogP contribution in [0.3, 0.4) is 0 Å². The number of nitrogens with two attached hydrogens (primary N) is 1. The highest BCUT2D eigenvalue weighted by Crippen LogP contribution is 2.39. The fraction of sp³-hybridized carbons (Fsp3) is 0.429. The summed E-state index contributed by atoms with van der Waals surface area (Å²) >= 11 is 1.49. The van der Waals surface area contributed by atoms with Crippen LogP contribution >= 0.6 is 11.3 Å². The van der Waals surface area contributed by atoms with Crippen LogP contribution in [0.4, 0.5) is 10.7 Å². The predicted octanol–water partition coefficient (Wildman–Crippen LogP) is 4.07. The molecule has 0 bridgehead atoms. The van der Waals surface area contributed by atoms with Gasteiger partial charge in [0, 0.05) is 29.2 Å². The second-order valence-corrected chi connectivity index (χ2v) is 8.20. The Morgan fingerprint density at radius 3 is 2.48 bits per heavy atom. The number of hydrogen-bond acceptors (Lipinski definition) is 4. The van der Waals surface area contributed by atoms with E-state index >= 15 is 0 Å². The van der Waals surface area contributed by atoms with Gasteiger partial charge in [0.05, 0.1) is 5.56 Å². The number of hydrogen-bond donors (Lipinski definition) is 2. The number of anilines is 2. The normalized spacial score (nSPS) is 15.9. The summed E-state index contributed by atoms with van der Waals surface area (Å²) in [4.78, 5) is 28.1. The summed E-state index contributed by atoms with van der Waals surface area (Å²) in [5.74, 6) is -0.0856. The highest BCUT2D eigenvalue weighted by Gasteiger charge is 2.27. The largest absolute Gasteiger partial charge is 0.372 e. The molecule has 0 saturated carbocycles. The van der Waals surface area contributed by atoms with E-state index in [4.69, 9.17) is 5.73 Å². The SMILES string of the molecule is CCN(CC)c1ccc(C(=O)Nc2sc3c(c2C(N)=O)CCC(C)C3)cc1. The molecule has 1 aliphatic rings. The number of nitrogens with zero attached hydrogens (tertiary/aromatic N) is 1. The van der Waals surface area contributed by atoms with Gasteiger partial charge in [-0.25, -0.2) is 0 Å². The van der Waals surface area contributed by atoms with Gasteiger partial charge in [-0.15, -0.1) is 11.3 Å². The van der Waals surface area contributed by atoms with Crippen molar-refractivity contribution in [1.29, 1.82) is 0 Å². The molecule has 1 atom stereocenters. The molecule has 1 aromatic heterocycles.